The maximum absolute atomic E-state index is 12.8. The Bertz CT molecular complexity index is 1120. The molecule has 0 saturated carbocycles. The van der Waals surface area contributed by atoms with Crippen molar-refractivity contribution in [3.63, 3.8) is 0 Å². The van der Waals surface area contributed by atoms with Gasteiger partial charge in [0.2, 0.25) is 0 Å². The monoisotopic (exact) mass is 402 g/mol. The average Bonchev–Trinajstić information content (AvgIpc) is 3.30. The van der Waals surface area contributed by atoms with E-state index >= 15 is 0 Å². The van der Waals surface area contributed by atoms with Crippen LogP contribution in [-0.4, -0.2) is 38.9 Å². The quantitative estimate of drug-likeness (QED) is 0.639. The van der Waals surface area contributed by atoms with Crippen molar-refractivity contribution in [1.29, 1.82) is 0 Å². The number of aromatic nitrogens is 2. The van der Waals surface area contributed by atoms with Crippen molar-refractivity contribution in [3.05, 3.63) is 83.0 Å². The van der Waals surface area contributed by atoms with Crippen LogP contribution in [0.4, 0.5) is 5.82 Å². The number of fused-ring (bicyclic) bond motifs is 1. The molecule has 30 heavy (non-hydrogen) atoms. The van der Waals surface area contributed by atoms with Crippen molar-refractivity contribution in [3.8, 4) is 0 Å². The topological polar surface area (TPSA) is 84.3 Å². The second kappa shape index (κ2) is 7.94. The lowest BCUT2D eigenvalue weighted by Gasteiger charge is -2.13. The molecule has 1 aliphatic heterocycles. The minimum atomic E-state index is -0.368. The van der Waals surface area contributed by atoms with Crippen molar-refractivity contribution in [2.75, 3.05) is 11.9 Å². The molecule has 1 aromatic heterocycles. The molecule has 4 rings (SSSR count). The van der Waals surface area contributed by atoms with Crippen LogP contribution < -0.4 is 5.32 Å². The van der Waals surface area contributed by atoms with E-state index in [0.717, 1.165) is 5.56 Å². The Morgan fingerprint density at radius 1 is 1.00 bits per heavy atom. The van der Waals surface area contributed by atoms with Crippen molar-refractivity contribution in [1.82, 2.24) is 14.7 Å². The van der Waals surface area contributed by atoms with Gasteiger partial charge >= 0.3 is 0 Å². The zero-order chi connectivity index (χ0) is 21.3. The normalized spacial score (nSPS) is 13.1. The van der Waals surface area contributed by atoms with Crippen LogP contribution in [0, 0.1) is 0 Å². The summed E-state index contributed by atoms with van der Waals surface area (Å²) < 4.78 is 1.70. The van der Waals surface area contributed by atoms with Crippen LogP contribution in [-0.2, 0) is 6.42 Å². The Morgan fingerprint density at radius 2 is 1.73 bits per heavy atom. The number of rotatable bonds is 6. The molecule has 2 heterocycles. The first-order valence-electron chi connectivity index (χ1n) is 9.84. The van der Waals surface area contributed by atoms with Gasteiger partial charge in [-0.1, -0.05) is 30.3 Å². The predicted octanol–water partition coefficient (Wildman–Crippen LogP) is 3.56. The van der Waals surface area contributed by atoms with Crippen LogP contribution in [0.25, 0.3) is 0 Å². The van der Waals surface area contributed by atoms with Crippen LogP contribution in [0.3, 0.4) is 0 Å². The van der Waals surface area contributed by atoms with E-state index in [0.29, 0.717) is 29.9 Å². The summed E-state index contributed by atoms with van der Waals surface area (Å²) in [5.41, 5.74) is 1.96. The molecule has 1 N–H and O–H groups in total. The number of benzene rings is 2. The maximum Gasteiger partial charge on any atom is 0.261 e. The first-order valence-corrected chi connectivity index (χ1v) is 9.84. The van der Waals surface area contributed by atoms with Gasteiger partial charge in [0.1, 0.15) is 5.82 Å². The summed E-state index contributed by atoms with van der Waals surface area (Å²) in [6.07, 6.45) is 2.20. The number of amides is 3. The third-order valence-electron chi connectivity index (χ3n) is 5.10. The van der Waals surface area contributed by atoms with Gasteiger partial charge in [0, 0.05) is 24.2 Å². The van der Waals surface area contributed by atoms with E-state index in [2.05, 4.69) is 10.4 Å². The Hall–Kier alpha value is -3.74. The van der Waals surface area contributed by atoms with Crippen LogP contribution in [0.1, 0.15) is 56.5 Å². The van der Waals surface area contributed by atoms with Crippen LogP contribution in [0.2, 0.25) is 0 Å². The Kier molecular flexibility index (Phi) is 5.18. The highest BCUT2D eigenvalue weighted by Gasteiger charge is 2.35. The second-order valence-electron chi connectivity index (χ2n) is 7.47. The lowest BCUT2D eigenvalue weighted by atomic mass is 10.1. The van der Waals surface area contributed by atoms with E-state index in [4.69, 9.17) is 0 Å². The Morgan fingerprint density at radius 3 is 2.47 bits per heavy atom. The lowest BCUT2D eigenvalue weighted by Crippen LogP contribution is -2.31. The SMILES string of the molecule is CC(C)n1nccc1NC(=O)c1ccc2c(c1)C(=O)N(CCc1ccccc1)C2=O. The summed E-state index contributed by atoms with van der Waals surface area (Å²) in [6.45, 7) is 4.23. The van der Waals surface area contributed by atoms with E-state index in [9.17, 15) is 14.4 Å². The molecule has 0 radical (unpaired) electrons. The van der Waals surface area contributed by atoms with Crippen molar-refractivity contribution in [2.45, 2.75) is 26.3 Å². The van der Waals surface area contributed by atoms with Crippen molar-refractivity contribution in [2.24, 2.45) is 0 Å². The van der Waals surface area contributed by atoms with Crippen LogP contribution in [0.15, 0.2) is 60.8 Å². The molecule has 3 amide bonds. The Balaban J connectivity index is 1.51. The van der Waals surface area contributed by atoms with E-state index in [-0.39, 0.29) is 29.3 Å². The minimum absolute atomic E-state index is 0.0905. The highest BCUT2D eigenvalue weighted by Crippen LogP contribution is 2.25. The number of hydrogen-bond donors (Lipinski definition) is 1. The largest absolute Gasteiger partial charge is 0.307 e. The molecule has 0 fully saturated rings. The molecule has 7 nitrogen and oxygen atoms in total. The summed E-state index contributed by atoms with van der Waals surface area (Å²) in [6, 6.07) is 16.1. The average molecular weight is 402 g/mol. The van der Waals surface area contributed by atoms with E-state index in [1.54, 1.807) is 29.1 Å². The first-order chi connectivity index (χ1) is 14.5. The van der Waals surface area contributed by atoms with E-state index in [1.165, 1.54) is 11.0 Å². The highest BCUT2D eigenvalue weighted by atomic mass is 16.2. The van der Waals surface area contributed by atoms with Gasteiger partial charge in [-0.25, -0.2) is 4.68 Å². The van der Waals surface area contributed by atoms with Gasteiger partial charge in [0.25, 0.3) is 17.7 Å². The fourth-order valence-corrected chi connectivity index (χ4v) is 3.53. The molecule has 0 aliphatic carbocycles. The molecule has 0 spiro atoms. The van der Waals surface area contributed by atoms with Gasteiger partial charge in [-0.3, -0.25) is 19.3 Å². The summed E-state index contributed by atoms with van der Waals surface area (Å²) in [5, 5.41) is 7.01. The molecule has 3 aromatic rings. The van der Waals surface area contributed by atoms with Crippen LogP contribution >= 0.6 is 0 Å². The summed E-state index contributed by atoms with van der Waals surface area (Å²) >= 11 is 0. The number of imide groups is 1. The van der Waals surface area contributed by atoms with Gasteiger partial charge in [-0.05, 0) is 44.0 Å². The van der Waals surface area contributed by atoms with Gasteiger partial charge in [-0.15, -0.1) is 0 Å². The minimum Gasteiger partial charge on any atom is -0.307 e. The molecule has 0 bridgehead atoms. The third kappa shape index (κ3) is 3.61. The number of nitrogens with zero attached hydrogens (tertiary/aromatic N) is 3. The number of hydrogen-bond acceptors (Lipinski definition) is 4. The molecule has 2 aromatic carbocycles. The molecule has 0 atom stereocenters. The number of carbonyl (C=O) groups excluding carboxylic acids is 3. The highest BCUT2D eigenvalue weighted by molar-refractivity contribution is 6.22. The molecule has 0 unspecified atom stereocenters. The lowest BCUT2D eigenvalue weighted by molar-refractivity contribution is 0.0656. The maximum atomic E-state index is 12.8. The predicted molar refractivity (Wildman–Crippen MR) is 113 cm³/mol. The molecule has 152 valence electrons. The van der Waals surface area contributed by atoms with Gasteiger partial charge in [0.15, 0.2) is 0 Å². The van der Waals surface area contributed by atoms with Crippen molar-refractivity contribution >= 4 is 23.5 Å². The fraction of sp³-hybridized carbons (Fsp3) is 0.217. The fourth-order valence-electron chi connectivity index (χ4n) is 3.53. The standard InChI is InChI=1S/C23H22N4O3/c1-15(2)27-20(10-12-24-27)25-21(28)17-8-9-18-19(14-17)23(30)26(22(18)29)13-11-16-6-4-3-5-7-16/h3-10,12,14-15H,11,13H2,1-2H3,(H,25,28). The van der Waals surface area contributed by atoms with Gasteiger partial charge in [-0.2, -0.15) is 5.10 Å². The third-order valence-corrected chi connectivity index (χ3v) is 5.10. The summed E-state index contributed by atoms with van der Waals surface area (Å²) in [4.78, 5) is 39.4. The first kappa shape index (κ1) is 19.6. The molecule has 7 heteroatoms. The summed E-state index contributed by atoms with van der Waals surface area (Å²) in [7, 11) is 0. The van der Waals surface area contributed by atoms with E-state index < -0.39 is 0 Å². The van der Waals surface area contributed by atoms with Crippen LogP contribution in [0.5, 0.6) is 0 Å². The number of anilines is 1. The van der Waals surface area contributed by atoms with Crippen molar-refractivity contribution < 1.29 is 14.4 Å². The van der Waals surface area contributed by atoms with Gasteiger partial charge < -0.3 is 5.32 Å². The van der Waals surface area contributed by atoms with Gasteiger partial charge in [0.05, 0.1) is 17.3 Å². The zero-order valence-electron chi connectivity index (χ0n) is 16.8. The number of nitrogens with one attached hydrogen (secondary N) is 1. The molecule has 1 aliphatic rings. The zero-order valence-corrected chi connectivity index (χ0v) is 16.8. The Labute approximate surface area is 174 Å². The van der Waals surface area contributed by atoms with E-state index in [1.807, 2.05) is 44.2 Å². The number of carbonyl (C=O) groups is 3. The smallest absolute Gasteiger partial charge is 0.261 e. The summed E-state index contributed by atoms with van der Waals surface area (Å²) in [5.74, 6) is -0.478. The molecular weight excluding hydrogens is 380 g/mol. The molecular formula is C23H22N4O3. The molecule has 0 saturated heterocycles. The second-order valence-corrected chi connectivity index (χ2v) is 7.47.